The molecular weight excluding hydrogens is 590 g/mol. The van der Waals surface area contributed by atoms with Crippen molar-refractivity contribution in [2.75, 3.05) is 19.6 Å². The Morgan fingerprint density at radius 3 is 2.02 bits per heavy atom. The minimum absolute atomic E-state index is 0.112. The fourth-order valence-corrected chi connectivity index (χ4v) is 5.40. The van der Waals surface area contributed by atoms with E-state index in [1.54, 1.807) is 20.8 Å². The normalized spacial score (nSPS) is 12.2. The van der Waals surface area contributed by atoms with Gasteiger partial charge in [0.15, 0.2) is 0 Å². The molecule has 0 bridgehead atoms. The van der Waals surface area contributed by atoms with Gasteiger partial charge in [0.25, 0.3) is 5.91 Å². The van der Waals surface area contributed by atoms with Gasteiger partial charge in [-0.05, 0) is 50.3 Å². The minimum atomic E-state index is -0.656. The van der Waals surface area contributed by atoms with E-state index in [4.69, 9.17) is 9.72 Å². The summed E-state index contributed by atoms with van der Waals surface area (Å²) in [6, 6.07) is 29.1. The number of benzene rings is 3. The lowest BCUT2D eigenvalue weighted by molar-refractivity contribution is -0.120. The van der Waals surface area contributed by atoms with Crippen molar-refractivity contribution in [3.05, 3.63) is 114 Å². The van der Waals surface area contributed by atoms with Crippen molar-refractivity contribution in [2.45, 2.75) is 66.2 Å². The van der Waals surface area contributed by atoms with Gasteiger partial charge in [-0.25, -0.2) is 9.78 Å². The highest BCUT2D eigenvalue weighted by Gasteiger charge is 2.38. The first-order valence-corrected chi connectivity index (χ1v) is 16.1. The summed E-state index contributed by atoms with van der Waals surface area (Å²) >= 11 is 0. The third-order valence-corrected chi connectivity index (χ3v) is 7.42. The molecule has 3 amide bonds. The second-order valence-electron chi connectivity index (χ2n) is 13.7. The molecule has 2 N–H and O–H groups in total. The molecular formula is C38H47N5O4. The third-order valence-electron chi connectivity index (χ3n) is 7.42. The molecule has 9 heteroatoms. The van der Waals surface area contributed by atoms with Crippen LogP contribution in [0.3, 0.4) is 0 Å². The molecule has 4 rings (SSSR count). The zero-order valence-corrected chi connectivity index (χ0v) is 28.3. The molecule has 1 aromatic heterocycles. The van der Waals surface area contributed by atoms with Gasteiger partial charge < -0.3 is 24.8 Å². The number of rotatable bonds is 12. The smallest absolute Gasteiger partial charge is 0.408 e. The lowest BCUT2D eigenvalue weighted by Gasteiger charge is -2.40. The van der Waals surface area contributed by atoms with Crippen LogP contribution in [0.25, 0.3) is 11.3 Å². The van der Waals surface area contributed by atoms with E-state index in [1.165, 1.54) is 0 Å². The molecule has 0 aliphatic heterocycles. The van der Waals surface area contributed by atoms with Gasteiger partial charge in [-0.2, -0.15) is 0 Å². The van der Waals surface area contributed by atoms with Crippen molar-refractivity contribution < 1.29 is 19.1 Å². The van der Waals surface area contributed by atoms with E-state index in [0.29, 0.717) is 31.6 Å². The maximum absolute atomic E-state index is 14.3. The Hall–Kier alpha value is -4.92. The Labute approximate surface area is 278 Å². The van der Waals surface area contributed by atoms with Crippen LogP contribution in [0.4, 0.5) is 4.79 Å². The van der Waals surface area contributed by atoms with Crippen molar-refractivity contribution in [2.24, 2.45) is 5.41 Å². The molecule has 0 fully saturated rings. The molecule has 0 saturated carbocycles. The number of ether oxygens (including phenoxy) is 1. The molecule has 9 nitrogen and oxygen atoms in total. The quantitative estimate of drug-likeness (QED) is 0.165. The maximum Gasteiger partial charge on any atom is 0.408 e. The second-order valence-corrected chi connectivity index (χ2v) is 13.7. The molecule has 1 heterocycles. The number of aromatic nitrogens is 2. The monoisotopic (exact) mass is 637 g/mol. The highest BCUT2D eigenvalue weighted by atomic mass is 16.6. The first-order valence-electron chi connectivity index (χ1n) is 16.1. The number of hydrogen-bond acceptors (Lipinski definition) is 5. The Balaban J connectivity index is 1.63. The standard InChI is InChI=1S/C38H47N5O4/c1-37(2,3)33(34-41-31(29-19-12-8-13-20-29)27-42(34)26-28-17-10-7-11-18-28)43(35(45)30-21-14-9-15-22-30)24-16-23-39-32(44)25-40-36(46)47-38(4,5)6/h7-15,17-22,27,33H,16,23-26H2,1-6H3,(H,39,44)(H,40,46)/t33-/m0/s1. The number of nitrogens with zero attached hydrogens (tertiary/aromatic N) is 3. The zero-order valence-electron chi connectivity index (χ0n) is 28.3. The summed E-state index contributed by atoms with van der Waals surface area (Å²) in [7, 11) is 0. The summed E-state index contributed by atoms with van der Waals surface area (Å²) in [6.45, 7) is 12.7. The molecule has 0 radical (unpaired) electrons. The van der Waals surface area contributed by atoms with E-state index >= 15 is 0 Å². The van der Waals surface area contributed by atoms with E-state index in [-0.39, 0.29) is 18.4 Å². The van der Waals surface area contributed by atoms with Crippen LogP contribution in [0.1, 0.15) is 75.8 Å². The van der Waals surface area contributed by atoms with Crippen LogP contribution in [0, 0.1) is 5.41 Å². The van der Waals surface area contributed by atoms with Gasteiger partial charge >= 0.3 is 6.09 Å². The Morgan fingerprint density at radius 1 is 0.830 bits per heavy atom. The largest absolute Gasteiger partial charge is 0.444 e. The van der Waals surface area contributed by atoms with Crippen molar-refractivity contribution in [1.82, 2.24) is 25.1 Å². The summed E-state index contributed by atoms with van der Waals surface area (Å²) in [5, 5.41) is 5.34. The second kappa shape index (κ2) is 15.6. The minimum Gasteiger partial charge on any atom is -0.444 e. The number of alkyl carbamates (subject to hydrolysis) is 1. The van der Waals surface area contributed by atoms with Crippen molar-refractivity contribution in [1.29, 1.82) is 0 Å². The van der Waals surface area contributed by atoms with E-state index in [9.17, 15) is 14.4 Å². The molecule has 0 spiro atoms. The fraction of sp³-hybridized carbons (Fsp3) is 0.368. The summed E-state index contributed by atoms with van der Waals surface area (Å²) in [5.41, 5.74) is 2.48. The summed E-state index contributed by atoms with van der Waals surface area (Å²) in [4.78, 5) is 45.9. The Kier molecular flexibility index (Phi) is 11.6. The van der Waals surface area contributed by atoms with Crippen LogP contribution in [0.5, 0.6) is 0 Å². The molecule has 0 aliphatic carbocycles. The SMILES string of the molecule is CC(C)(C)OC(=O)NCC(=O)NCCCN(C(=O)c1ccccc1)[C@@H](c1nc(-c2ccccc2)cn1Cc1ccccc1)C(C)(C)C. The summed E-state index contributed by atoms with van der Waals surface area (Å²) in [6.07, 6.45) is 1.91. The average Bonchev–Trinajstić information content (AvgIpc) is 3.43. The van der Waals surface area contributed by atoms with E-state index in [1.807, 2.05) is 83.8 Å². The Morgan fingerprint density at radius 2 is 1.43 bits per heavy atom. The van der Waals surface area contributed by atoms with Gasteiger partial charge in [0, 0.05) is 37.0 Å². The topological polar surface area (TPSA) is 106 Å². The fourth-order valence-electron chi connectivity index (χ4n) is 5.40. The molecule has 0 aliphatic rings. The predicted molar refractivity (Wildman–Crippen MR) is 185 cm³/mol. The van der Waals surface area contributed by atoms with Gasteiger partial charge in [0.1, 0.15) is 11.4 Å². The predicted octanol–water partition coefficient (Wildman–Crippen LogP) is 6.86. The first kappa shape index (κ1) is 34.9. The molecule has 0 unspecified atom stereocenters. The molecule has 3 aromatic carbocycles. The van der Waals surface area contributed by atoms with Crippen molar-refractivity contribution >= 4 is 17.9 Å². The average molecular weight is 638 g/mol. The number of hydrogen-bond donors (Lipinski definition) is 2. The van der Waals surface area contributed by atoms with Gasteiger partial charge in [0.2, 0.25) is 5.91 Å². The van der Waals surface area contributed by atoms with E-state index < -0.39 is 23.2 Å². The van der Waals surface area contributed by atoms with Crippen LogP contribution in [-0.4, -0.2) is 57.6 Å². The van der Waals surface area contributed by atoms with Gasteiger partial charge in [-0.3, -0.25) is 9.59 Å². The van der Waals surface area contributed by atoms with E-state index in [0.717, 1.165) is 22.6 Å². The lowest BCUT2D eigenvalue weighted by Crippen LogP contribution is -2.44. The molecule has 248 valence electrons. The highest BCUT2D eigenvalue weighted by Crippen LogP contribution is 2.40. The molecule has 0 saturated heterocycles. The van der Waals surface area contributed by atoms with Gasteiger partial charge in [-0.15, -0.1) is 0 Å². The number of nitrogens with one attached hydrogen (secondary N) is 2. The third kappa shape index (κ3) is 10.3. The van der Waals surface area contributed by atoms with Crippen molar-refractivity contribution in [3.63, 3.8) is 0 Å². The van der Waals surface area contributed by atoms with Crippen molar-refractivity contribution in [3.8, 4) is 11.3 Å². The van der Waals surface area contributed by atoms with Crippen LogP contribution >= 0.6 is 0 Å². The van der Waals surface area contributed by atoms with E-state index in [2.05, 4.69) is 54.3 Å². The summed E-state index contributed by atoms with van der Waals surface area (Å²) in [5.74, 6) is 0.337. The number of imidazole rings is 1. The van der Waals surface area contributed by atoms with Crippen LogP contribution < -0.4 is 10.6 Å². The molecule has 47 heavy (non-hydrogen) atoms. The molecule has 1 atom stereocenters. The lowest BCUT2D eigenvalue weighted by atomic mass is 9.84. The van der Waals surface area contributed by atoms with Gasteiger partial charge in [0.05, 0.1) is 18.3 Å². The number of carbonyl (C=O) groups excluding carboxylic acids is 3. The Bertz CT molecular complexity index is 1610. The summed E-state index contributed by atoms with van der Waals surface area (Å²) < 4.78 is 7.36. The van der Waals surface area contributed by atoms with Crippen LogP contribution in [0.2, 0.25) is 0 Å². The van der Waals surface area contributed by atoms with Crippen LogP contribution in [0.15, 0.2) is 97.2 Å². The molecule has 4 aromatic rings. The number of amides is 3. The zero-order chi connectivity index (χ0) is 34.0. The number of carbonyl (C=O) groups is 3. The highest BCUT2D eigenvalue weighted by molar-refractivity contribution is 5.94. The first-order chi connectivity index (χ1) is 22.3. The maximum atomic E-state index is 14.3. The van der Waals surface area contributed by atoms with Gasteiger partial charge in [-0.1, -0.05) is 99.6 Å². The van der Waals surface area contributed by atoms with Crippen LogP contribution in [-0.2, 0) is 16.1 Å².